The molecule has 0 aromatic heterocycles. The molecule has 0 aliphatic heterocycles. The molecule has 0 unspecified atom stereocenters. The average molecular weight is 361 g/mol. The summed E-state index contributed by atoms with van der Waals surface area (Å²) in [5, 5.41) is 10.2. The van der Waals surface area contributed by atoms with Crippen molar-refractivity contribution in [1.82, 2.24) is 0 Å². The minimum absolute atomic E-state index is 0.132. The van der Waals surface area contributed by atoms with Crippen LogP contribution in [0.25, 0.3) is 0 Å². The number of fused-ring (bicyclic) bond motifs is 5. The van der Waals surface area contributed by atoms with Gasteiger partial charge in [0, 0.05) is 12.3 Å². The molecule has 26 heavy (non-hydrogen) atoms. The van der Waals surface area contributed by atoms with E-state index in [9.17, 15) is 9.90 Å². The number of ketones is 1. The number of hydrogen-bond donors (Lipinski definition) is 1. The zero-order chi connectivity index (χ0) is 18.7. The van der Waals surface area contributed by atoms with E-state index in [1.54, 1.807) is 0 Å². The lowest BCUT2D eigenvalue weighted by molar-refractivity contribution is -0.160. The Hall–Kier alpha value is -0.370. The smallest absolute Gasteiger partial charge is 0.136 e. The lowest BCUT2D eigenvalue weighted by Crippen LogP contribution is -2.57. The van der Waals surface area contributed by atoms with Crippen LogP contribution in [0.3, 0.4) is 0 Å². The van der Waals surface area contributed by atoms with E-state index in [2.05, 4.69) is 27.7 Å². The van der Waals surface area contributed by atoms with Gasteiger partial charge in [-0.1, -0.05) is 40.5 Å². The summed E-state index contributed by atoms with van der Waals surface area (Å²) >= 11 is 0. The maximum atomic E-state index is 13.1. The Labute approximate surface area is 160 Å². The number of aliphatic hydroxyl groups excluding tert-OH is 1. The number of rotatable bonds is 3. The number of carbonyl (C=O) groups excluding carboxylic acids is 1. The predicted octanol–water partition coefficient (Wildman–Crippen LogP) is 5.62. The maximum Gasteiger partial charge on any atom is 0.136 e. The molecule has 0 radical (unpaired) electrons. The zero-order valence-corrected chi connectivity index (χ0v) is 17.5. The standard InChI is InChI=1S/C24H40O2/c1-5-6-15(2)18-7-8-19-17-14-22(26)21-13-16(25)9-11-24(21,4)20(17)10-12-23(18,19)3/h15-21,25H,5-14H2,1-4H3/t15-,16-,17+,18-,19+,20+,21-,23-,24-/m1/s1. The van der Waals surface area contributed by atoms with E-state index in [1.165, 1.54) is 38.5 Å². The van der Waals surface area contributed by atoms with Crippen LogP contribution in [-0.4, -0.2) is 17.0 Å². The van der Waals surface area contributed by atoms with Crippen molar-refractivity contribution in [1.29, 1.82) is 0 Å². The van der Waals surface area contributed by atoms with Crippen molar-refractivity contribution in [2.24, 2.45) is 46.3 Å². The van der Waals surface area contributed by atoms with E-state index in [0.717, 1.165) is 49.4 Å². The summed E-state index contributed by atoms with van der Waals surface area (Å²) in [5.41, 5.74) is 0.626. The normalized spacial score (nSPS) is 52.1. The Bertz CT molecular complexity index is 556. The van der Waals surface area contributed by atoms with Crippen LogP contribution in [0.1, 0.15) is 91.9 Å². The first kappa shape index (κ1) is 19.0. The number of Topliss-reactive ketones (excluding diaryl/α,β-unsaturated/α-hetero) is 1. The van der Waals surface area contributed by atoms with Crippen molar-refractivity contribution in [3.8, 4) is 0 Å². The van der Waals surface area contributed by atoms with Crippen molar-refractivity contribution in [3.05, 3.63) is 0 Å². The second kappa shape index (κ2) is 6.61. The average Bonchev–Trinajstić information content (AvgIpc) is 2.94. The van der Waals surface area contributed by atoms with Crippen LogP contribution in [0.15, 0.2) is 0 Å². The maximum absolute atomic E-state index is 13.1. The molecule has 4 saturated carbocycles. The Morgan fingerprint density at radius 2 is 1.77 bits per heavy atom. The van der Waals surface area contributed by atoms with Gasteiger partial charge in [0.15, 0.2) is 0 Å². The summed E-state index contributed by atoms with van der Waals surface area (Å²) in [6, 6.07) is 0. The van der Waals surface area contributed by atoms with Gasteiger partial charge in [-0.3, -0.25) is 4.79 Å². The van der Waals surface area contributed by atoms with Crippen molar-refractivity contribution < 1.29 is 9.90 Å². The second-order valence-corrected chi connectivity index (χ2v) is 11.0. The van der Waals surface area contributed by atoms with E-state index in [4.69, 9.17) is 0 Å². The molecule has 4 fully saturated rings. The van der Waals surface area contributed by atoms with Gasteiger partial charge in [-0.2, -0.15) is 0 Å². The summed E-state index contributed by atoms with van der Waals surface area (Å²) in [6.45, 7) is 9.80. The molecule has 0 spiro atoms. The largest absolute Gasteiger partial charge is 0.393 e. The Morgan fingerprint density at radius 1 is 1.08 bits per heavy atom. The van der Waals surface area contributed by atoms with E-state index in [-0.39, 0.29) is 17.4 Å². The molecule has 0 aromatic rings. The van der Waals surface area contributed by atoms with Crippen molar-refractivity contribution >= 4 is 5.78 Å². The first-order valence-electron chi connectivity index (χ1n) is 11.5. The minimum atomic E-state index is -0.242. The van der Waals surface area contributed by atoms with Crippen LogP contribution >= 0.6 is 0 Å². The third-order valence-corrected chi connectivity index (χ3v) is 9.93. The van der Waals surface area contributed by atoms with E-state index in [0.29, 0.717) is 17.1 Å². The van der Waals surface area contributed by atoms with Crippen LogP contribution in [0.4, 0.5) is 0 Å². The van der Waals surface area contributed by atoms with Gasteiger partial charge in [0.1, 0.15) is 5.78 Å². The first-order chi connectivity index (χ1) is 12.3. The molecule has 0 heterocycles. The number of carbonyl (C=O) groups is 1. The Kier molecular flexibility index (Phi) is 4.82. The number of hydrogen-bond acceptors (Lipinski definition) is 2. The van der Waals surface area contributed by atoms with Crippen molar-refractivity contribution in [2.75, 3.05) is 0 Å². The van der Waals surface area contributed by atoms with Gasteiger partial charge < -0.3 is 5.11 Å². The highest BCUT2D eigenvalue weighted by atomic mass is 16.3. The molecule has 2 heteroatoms. The molecular weight excluding hydrogens is 320 g/mol. The lowest BCUT2D eigenvalue weighted by atomic mass is 9.44. The quantitative estimate of drug-likeness (QED) is 0.709. The molecule has 4 aliphatic carbocycles. The SMILES string of the molecule is CCC[C@@H](C)[C@H]1CC[C@H]2[C@@H]3CC(=O)[C@H]4C[C@H](O)CC[C@]4(C)[C@H]3CC[C@]12C. The van der Waals surface area contributed by atoms with Gasteiger partial charge in [0.25, 0.3) is 0 Å². The fraction of sp³-hybridized carbons (Fsp3) is 0.958. The Balaban J connectivity index is 1.61. The van der Waals surface area contributed by atoms with Crippen LogP contribution in [0.2, 0.25) is 0 Å². The van der Waals surface area contributed by atoms with Crippen LogP contribution in [0, 0.1) is 46.3 Å². The molecular formula is C24H40O2. The molecule has 4 rings (SSSR count). The highest BCUT2D eigenvalue weighted by Crippen LogP contribution is 2.67. The summed E-state index contributed by atoms with van der Waals surface area (Å²) in [6.07, 6.45) is 11.4. The van der Waals surface area contributed by atoms with Crippen LogP contribution < -0.4 is 0 Å². The number of aliphatic hydroxyl groups is 1. The summed E-state index contributed by atoms with van der Waals surface area (Å²) in [4.78, 5) is 13.1. The summed E-state index contributed by atoms with van der Waals surface area (Å²) < 4.78 is 0. The molecule has 2 nitrogen and oxygen atoms in total. The minimum Gasteiger partial charge on any atom is -0.393 e. The fourth-order valence-corrected chi connectivity index (χ4v) is 8.65. The van der Waals surface area contributed by atoms with E-state index >= 15 is 0 Å². The lowest BCUT2D eigenvalue weighted by Gasteiger charge is -2.60. The third-order valence-electron chi connectivity index (χ3n) is 9.93. The van der Waals surface area contributed by atoms with Gasteiger partial charge in [-0.05, 0) is 85.4 Å². The molecule has 0 saturated heterocycles. The molecule has 9 atom stereocenters. The topological polar surface area (TPSA) is 37.3 Å². The van der Waals surface area contributed by atoms with Crippen LogP contribution in [0.5, 0.6) is 0 Å². The molecule has 1 N–H and O–H groups in total. The molecule has 0 aromatic carbocycles. The predicted molar refractivity (Wildman–Crippen MR) is 106 cm³/mol. The van der Waals surface area contributed by atoms with Crippen molar-refractivity contribution in [2.45, 2.75) is 98.0 Å². The fourth-order valence-electron chi connectivity index (χ4n) is 8.65. The zero-order valence-electron chi connectivity index (χ0n) is 17.5. The van der Waals surface area contributed by atoms with E-state index in [1.807, 2.05) is 0 Å². The summed E-state index contributed by atoms with van der Waals surface area (Å²) in [7, 11) is 0. The third kappa shape index (κ3) is 2.65. The first-order valence-corrected chi connectivity index (χ1v) is 11.5. The van der Waals surface area contributed by atoms with Gasteiger partial charge in [-0.25, -0.2) is 0 Å². The van der Waals surface area contributed by atoms with Crippen molar-refractivity contribution in [3.63, 3.8) is 0 Å². The molecule has 148 valence electrons. The van der Waals surface area contributed by atoms with E-state index < -0.39 is 0 Å². The van der Waals surface area contributed by atoms with Gasteiger partial charge in [0.05, 0.1) is 6.10 Å². The van der Waals surface area contributed by atoms with Gasteiger partial charge >= 0.3 is 0 Å². The second-order valence-electron chi connectivity index (χ2n) is 11.0. The Morgan fingerprint density at radius 3 is 2.50 bits per heavy atom. The van der Waals surface area contributed by atoms with Crippen LogP contribution in [-0.2, 0) is 4.79 Å². The molecule has 4 aliphatic rings. The monoisotopic (exact) mass is 360 g/mol. The summed E-state index contributed by atoms with van der Waals surface area (Å²) in [5.74, 6) is 4.42. The van der Waals surface area contributed by atoms with Gasteiger partial charge in [0.2, 0.25) is 0 Å². The van der Waals surface area contributed by atoms with Gasteiger partial charge in [-0.15, -0.1) is 0 Å². The molecule has 0 amide bonds. The highest BCUT2D eigenvalue weighted by Gasteiger charge is 2.62. The molecule has 0 bridgehead atoms. The highest BCUT2D eigenvalue weighted by molar-refractivity contribution is 5.83.